The Morgan fingerprint density at radius 1 is 1.47 bits per heavy atom. The zero-order chi connectivity index (χ0) is 12.4. The molecule has 0 aliphatic carbocycles. The molecule has 0 spiro atoms. The third-order valence-electron chi connectivity index (χ3n) is 2.17. The molecule has 1 heterocycles. The second-order valence-corrected chi connectivity index (χ2v) is 4.51. The first-order valence-electron chi connectivity index (χ1n) is 4.65. The molecule has 0 saturated carbocycles. The van der Waals surface area contributed by atoms with Crippen molar-refractivity contribution in [3.8, 4) is 11.3 Å². The summed E-state index contributed by atoms with van der Waals surface area (Å²) in [4.78, 5) is 11.7. The third-order valence-corrected chi connectivity index (χ3v) is 3.22. The second kappa shape index (κ2) is 4.81. The summed E-state index contributed by atoms with van der Waals surface area (Å²) in [5.41, 5.74) is 0.504. The van der Waals surface area contributed by atoms with Gasteiger partial charge in [0, 0.05) is 16.5 Å². The van der Waals surface area contributed by atoms with E-state index >= 15 is 0 Å². The predicted octanol–water partition coefficient (Wildman–Crippen LogP) is 3.42. The Morgan fingerprint density at radius 2 is 2.24 bits per heavy atom. The van der Waals surface area contributed by atoms with Crippen LogP contribution in [0, 0.1) is 0 Å². The van der Waals surface area contributed by atoms with E-state index in [0.717, 1.165) is 4.90 Å². The van der Waals surface area contributed by atoms with Crippen molar-refractivity contribution >= 4 is 29.3 Å². The Bertz CT molecular complexity index is 568. The molecule has 0 saturated heterocycles. The van der Waals surface area contributed by atoms with Crippen LogP contribution in [0.2, 0.25) is 5.02 Å². The quantitative estimate of drug-likeness (QED) is 0.865. The summed E-state index contributed by atoms with van der Waals surface area (Å²) < 4.78 is 4.97. The summed E-state index contributed by atoms with van der Waals surface area (Å²) in [6.07, 6.45) is 1.94. The zero-order valence-corrected chi connectivity index (χ0v) is 10.4. The van der Waals surface area contributed by atoms with Gasteiger partial charge in [0.1, 0.15) is 0 Å². The van der Waals surface area contributed by atoms with Crippen molar-refractivity contribution in [1.82, 2.24) is 5.16 Å². The van der Waals surface area contributed by atoms with Crippen LogP contribution in [0.25, 0.3) is 11.3 Å². The average molecular weight is 270 g/mol. The molecule has 17 heavy (non-hydrogen) atoms. The fraction of sp³-hybridized carbons (Fsp3) is 0.0909. The Balaban J connectivity index is 2.47. The molecule has 4 nitrogen and oxygen atoms in total. The minimum atomic E-state index is -1.13. The van der Waals surface area contributed by atoms with E-state index in [1.165, 1.54) is 6.07 Å². The van der Waals surface area contributed by atoms with E-state index in [-0.39, 0.29) is 5.69 Å². The predicted molar refractivity (Wildman–Crippen MR) is 65.7 cm³/mol. The molecule has 2 rings (SSSR count). The van der Waals surface area contributed by atoms with Crippen LogP contribution in [0.3, 0.4) is 0 Å². The van der Waals surface area contributed by atoms with Gasteiger partial charge in [-0.1, -0.05) is 16.8 Å². The number of carboxylic acid groups (broad SMARTS) is 1. The van der Waals surface area contributed by atoms with Crippen LogP contribution in [0.1, 0.15) is 10.5 Å². The van der Waals surface area contributed by atoms with E-state index in [1.807, 2.05) is 18.4 Å². The van der Waals surface area contributed by atoms with E-state index in [4.69, 9.17) is 21.2 Å². The van der Waals surface area contributed by atoms with Gasteiger partial charge in [0.05, 0.1) is 5.02 Å². The first kappa shape index (κ1) is 12.0. The number of aromatic carboxylic acids is 1. The lowest BCUT2D eigenvalue weighted by Gasteiger charge is -2.02. The molecule has 88 valence electrons. The van der Waals surface area contributed by atoms with E-state index in [2.05, 4.69) is 5.16 Å². The van der Waals surface area contributed by atoms with Crippen molar-refractivity contribution in [3.63, 3.8) is 0 Å². The fourth-order valence-corrected chi connectivity index (χ4v) is 1.97. The standard InChI is InChI=1S/C11H8ClNO3S/c1-17-6-2-3-8(12)7(4-6)10-5-9(11(14)15)13-16-10/h2-5H,1H3,(H,14,15). The summed E-state index contributed by atoms with van der Waals surface area (Å²) in [6.45, 7) is 0. The molecule has 0 unspecified atom stereocenters. The maximum atomic E-state index is 10.7. The van der Waals surface area contributed by atoms with Gasteiger partial charge in [0.2, 0.25) is 0 Å². The molecule has 0 radical (unpaired) electrons. The van der Waals surface area contributed by atoms with Crippen molar-refractivity contribution in [2.24, 2.45) is 0 Å². The SMILES string of the molecule is CSc1ccc(Cl)c(-c2cc(C(=O)O)no2)c1. The lowest BCUT2D eigenvalue weighted by molar-refractivity contribution is 0.0686. The normalized spacial score (nSPS) is 10.5. The van der Waals surface area contributed by atoms with Crippen LogP contribution in [-0.4, -0.2) is 22.5 Å². The third kappa shape index (κ3) is 2.45. The summed E-state index contributed by atoms with van der Waals surface area (Å²) in [6, 6.07) is 6.81. The summed E-state index contributed by atoms with van der Waals surface area (Å²) in [5, 5.41) is 12.7. The molecule has 0 aliphatic rings. The first-order valence-corrected chi connectivity index (χ1v) is 6.26. The van der Waals surface area contributed by atoms with Crippen LogP contribution >= 0.6 is 23.4 Å². The maximum absolute atomic E-state index is 10.7. The summed E-state index contributed by atoms with van der Waals surface area (Å²) in [7, 11) is 0. The van der Waals surface area contributed by atoms with Crippen molar-refractivity contribution in [3.05, 3.63) is 35.0 Å². The van der Waals surface area contributed by atoms with Gasteiger partial charge in [-0.05, 0) is 24.5 Å². The molecule has 6 heteroatoms. The lowest BCUT2D eigenvalue weighted by atomic mass is 10.1. The number of aromatic nitrogens is 1. The number of rotatable bonds is 3. The molecular weight excluding hydrogens is 262 g/mol. The number of hydrogen-bond donors (Lipinski definition) is 1. The van der Waals surface area contributed by atoms with Gasteiger partial charge in [-0.15, -0.1) is 11.8 Å². The minimum Gasteiger partial charge on any atom is -0.476 e. The van der Waals surface area contributed by atoms with E-state index in [0.29, 0.717) is 16.3 Å². The van der Waals surface area contributed by atoms with Crippen molar-refractivity contribution in [2.75, 3.05) is 6.26 Å². The zero-order valence-electron chi connectivity index (χ0n) is 8.81. The van der Waals surface area contributed by atoms with Gasteiger partial charge >= 0.3 is 5.97 Å². The van der Waals surface area contributed by atoms with Crippen LogP contribution in [0.15, 0.2) is 33.7 Å². The van der Waals surface area contributed by atoms with Crippen LogP contribution in [0.5, 0.6) is 0 Å². The molecule has 0 atom stereocenters. The molecule has 0 aliphatic heterocycles. The number of hydrogen-bond acceptors (Lipinski definition) is 4. The minimum absolute atomic E-state index is 0.134. The highest BCUT2D eigenvalue weighted by Crippen LogP contribution is 2.31. The van der Waals surface area contributed by atoms with Gasteiger partial charge < -0.3 is 9.63 Å². The molecule has 0 fully saturated rings. The molecular formula is C11H8ClNO3S. The molecule has 1 aromatic heterocycles. The topological polar surface area (TPSA) is 63.3 Å². The van der Waals surface area contributed by atoms with Crippen molar-refractivity contribution in [2.45, 2.75) is 4.90 Å². The van der Waals surface area contributed by atoms with Crippen molar-refractivity contribution < 1.29 is 14.4 Å². The van der Waals surface area contributed by atoms with Crippen LogP contribution in [-0.2, 0) is 0 Å². The molecule has 0 bridgehead atoms. The largest absolute Gasteiger partial charge is 0.476 e. The van der Waals surface area contributed by atoms with Crippen LogP contribution in [0.4, 0.5) is 0 Å². The number of benzene rings is 1. The molecule has 2 aromatic rings. The highest BCUT2D eigenvalue weighted by Gasteiger charge is 2.14. The van der Waals surface area contributed by atoms with E-state index < -0.39 is 5.97 Å². The second-order valence-electron chi connectivity index (χ2n) is 3.23. The lowest BCUT2D eigenvalue weighted by Crippen LogP contribution is -1.94. The number of nitrogens with zero attached hydrogens (tertiary/aromatic N) is 1. The Labute approximate surface area is 107 Å². The first-order chi connectivity index (χ1) is 8.11. The Morgan fingerprint density at radius 3 is 2.82 bits per heavy atom. The number of thioether (sulfide) groups is 1. The van der Waals surface area contributed by atoms with E-state index in [1.54, 1.807) is 17.8 Å². The average Bonchev–Trinajstić information content (AvgIpc) is 2.79. The van der Waals surface area contributed by atoms with Gasteiger partial charge in [-0.2, -0.15) is 0 Å². The smallest absolute Gasteiger partial charge is 0.358 e. The van der Waals surface area contributed by atoms with Crippen molar-refractivity contribution in [1.29, 1.82) is 0 Å². The molecule has 0 amide bonds. The van der Waals surface area contributed by atoms with Gasteiger partial charge in [-0.25, -0.2) is 4.79 Å². The summed E-state index contributed by atoms with van der Waals surface area (Å²) in [5.74, 6) is -0.777. The highest BCUT2D eigenvalue weighted by atomic mass is 35.5. The number of halogens is 1. The van der Waals surface area contributed by atoms with E-state index in [9.17, 15) is 4.79 Å². The molecule has 1 N–H and O–H groups in total. The maximum Gasteiger partial charge on any atom is 0.358 e. The fourth-order valence-electron chi connectivity index (χ4n) is 1.32. The number of carboxylic acids is 1. The van der Waals surface area contributed by atoms with Gasteiger partial charge in [-0.3, -0.25) is 0 Å². The van der Waals surface area contributed by atoms with Gasteiger partial charge in [0.25, 0.3) is 0 Å². The monoisotopic (exact) mass is 269 g/mol. The Kier molecular flexibility index (Phi) is 3.40. The summed E-state index contributed by atoms with van der Waals surface area (Å²) >= 11 is 7.59. The highest BCUT2D eigenvalue weighted by molar-refractivity contribution is 7.98. The molecule has 1 aromatic carbocycles. The van der Waals surface area contributed by atoms with Gasteiger partial charge in [0.15, 0.2) is 11.5 Å². The number of carbonyl (C=O) groups is 1. The Hall–Kier alpha value is -1.46. The van der Waals surface area contributed by atoms with Crippen LogP contribution < -0.4 is 0 Å².